The molecule has 2 aliphatic heterocycles. The molecule has 5 rings (SSSR count). The molecule has 0 unspecified atom stereocenters. The number of ether oxygens (including phenoxy) is 3. The molecule has 3 heterocycles. The standard InChI is InChI=1S/C25H26N2O6S/c1-2-31-25(28)17-8-10-27(11-9-17)24-19-14-21-22(33-13-12-32-21)15-20(19)26-16-23(24)34(29,30)18-6-4-3-5-7-18/h3-7,14-17H,2,8-13H2,1H3/p+1. The molecule has 178 valence electrons. The third-order valence-electron chi connectivity index (χ3n) is 6.30. The fourth-order valence-corrected chi connectivity index (χ4v) is 6.08. The summed E-state index contributed by atoms with van der Waals surface area (Å²) in [4.78, 5) is 17.9. The van der Waals surface area contributed by atoms with Crippen LogP contribution >= 0.6 is 0 Å². The summed E-state index contributed by atoms with van der Waals surface area (Å²) < 4.78 is 44.1. The minimum Gasteiger partial charge on any atom is -0.486 e. The maximum atomic E-state index is 13.7. The highest BCUT2D eigenvalue weighted by Gasteiger charge is 2.34. The highest BCUT2D eigenvalue weighted by Crippen LogP contribution is 2.41. The van der Waals surface area contributed by atoms with Crippen LogP contribution in [0.5, 0.6) is 11.5 Å². The van der Waals surface area contributed by atoms with E-state index in [1.54, 1.807) is 43.5 Å². The van der Waals surface area contributed by atoms with Crippen molar-refractivity contribution in [3.8, 4) is 11.5 Å². The van der Waals surface area contributed by atoms with Gasteiger partial charge in [-0.05, 0) is 31.9 Å². The van der Waals surface area contributed by atoms with Crippen LogP contribution in [0.3, 0.4) is 0 Å². The van der Waals surface area contributed by atoms with Crippen molar-refractivity contribution in [2.24, 2.45) is 5.92 Å². The average Bonchev–Trinajstić information content (AvgIpc) is 2.87. The molecule has 0 saturated carbocycles. The van der Waals surface area contributed by atoms with Crippen LogP contribution in [0, 0.1) is 5.92 Å². The molecule has 1 saturated heterocycles. The minimum atomic E-state index is -3.81. The zero-order valence-electron chi connectivity index (χ0n) is 19.0. The lowest BCUT2D eigenvalue weighted by Gasteiger charge is -2.33. The quantitative estimate of drug-likeness (QED) is 0.515. The zero-order valence-corrected chi connectivity index (χ0v) is 19.8. The summed E-state index contributed by atoms with van der Waals surface area (Å²) in [7, 11) is -3.81. The first-order valence-corrected chi connectivity index (χ1v) is 13.0. The number of aromatic nitrogens is 1. The highest BCUT2D eigenvalue weighted by atomic mass is 32.2. The summed E-state index contributed by atoms with van der Waals surface area (Å²) in [5, 5.41) is 0.732. The lowest BCUT2D eigenvalue weighted by Crippen LogP contribution is -2.38. The van der Waals surface area contributed by atoms with Crippen LogP contribution in [0.1, 0.15) is 19.8 Å². The SMILES string of the molecule is CCOC(=O)C1CCN(c2c(S(=O)(=O)c3ccccc3)c[nH+]c3cc4c(cc23)OCCO4)CC1. The monoisotopic (exact) mass is 483 g/mol. The van der Waals surface area contributed by atoms with E-state index < -0.39 is 9.84 Å². The highest BCUT2D eigenvalue weighted by molar-refractivity contribution is 7.91. The number of carbonyl (C=O) groups excluding carboxylic acids is 1. The van der Waals surface area contributed by atoms with Crippen LogP contribution < -0.4 is 19.4 Å². The summed E-state index contributed by atoms with van der Waals surface area (Å²) in [5.41, 5.74) is 1.36. The van der Waals surface area contributed by atoms with Crippen molar-refractivity contribution in [2.75, 3.05) is 37.8 Å². The van der Waals surface area contributed by atoms with E-state index in [-0.39, 0.29) is 21.7 Å². The van der Waals surface area contributed by atoms with Crippen LogP contribution in [-0.2, 0) is 19.4 Å². The average molecular weight is 484 g/mol. The predicted octanol–water partition coefficient (Wildman–Crippen LogP) is 3.04. The number of sulfone groups is 1. The number of nitrogens with one attached hydrogen (secondary N) is 1. The summed E-state index contributed by atoms with van der Waals surface area (Å²) >= 11 is 0. The van der Waals surface area contributed by atoms with Crippen molar-refractivity contribution >= 4 is 32.4 Å². The van der Waals surface area contributed by atoms with Crippen LogP contribution in [0.25, 0.3) is 10.9 Å². The van der Waals surface area contributed by atoms with Gasteiger partial charge in [0.2, 0.25) is 15.4 Å². The van der Waals surface area contributed by atoms with E-state index in [1.165, 1.54) is 0 Å². The van der Waals surface area contributed by atoms with Gasteiger partial charge >= 0.3 is 5.97 Å². The normalized spacial score (nSPS) is 16.4. The van der Waals surface area contributed by atoms with Gasteiger partial charge in [0.15, 0.2) is 22.6 Å². The van der Waals surface area contributed by atoms with Crippen molar-refractivity contribution in [2.45, 2.75) is 29.6 Å². The molecule has 34 heavy (non-hydrogen) atoms. The fraction of sp³-hybridized carbons (Fsp3) is 0.360. The summed E-state index contributed by atoms with van der Waals surface area (Å²) in [6.07, 6.45) is 2.73. The number of aromatic amines is 1. The van der Waals surface area contributed by atoms with Gasteiger partial charge in [-0.2, -0.15) is 0 Å². The third kappa shape index (κ3) is 4.04. The molecular formula is C25H27N2O6S+. The number of anilines is 1. The molecule has 2 aliphatic rings. The Hall–Kier alpha value is -3.33. The van der Waals surface area contributed by atoms with Gasteiger partial charge in [0.25, 0.3) is 0 Å². The molecule has 0 aliphatic carbocycles. The van der Waals surface area contributed by atoms with E-state index >= 15 is 0 Å². The maximum Gasteiger partial charge on any atom is 0.309 e. The van der Waals surface area contributed by atoms with Crippen molar-refractivity contribution in [1.82, 2.24) is 0 Å². The van der Waals surface area contributed by atoms with E-state index in [4.69, 9.17) is 14.2 Å². The number of fused-ring (bicyclic) bond motifs is 2. The smallest absolute Gasteiger partial charge is 0.309 e. The second-order valence-corrected chi connectivity index (χ2v) is 10.3. The van der Waals surface area contributed by atoms with Crippen LogP contribution in [-0.4, -0.2) is 47.3 Å². The van der Waals surface area contributed by atoms with Crippen LogP contribution in [0.4, 0.5) is 5.69 Å². The van der Waals surface area contributed by atoms with E-state index in [9.17, 15) is 13.2 Å². The summed E-state index contributed by atoms with van der Waals surface area (Å²) in [5.74, 6) is 0.839. The molecule has 3 aromatic rings. The molecule has 9 heteroatoms. The van der Waals surface area contributed by atoms with Crippen molar-refractivity contribution in [3.63, 3.8) is 0 Å². The molecule has 1 fully saturated rings. The van der Waals surface area contributed by atoms with E-state index in [2.05, 4.69) is 9.88 Å². The maximum absolute atomic E-state index is 13.7. The first-order chi connectivity index (χ1) is 16.5. The molecular weight excluding hydrogens is 456 g/mol. The van der Waals surface area contributed by atoms with Gasteiger partial charge in [-0.25, -0.2) is 13.4 Å². The molecule has 1 aromatic heterocycles. The van der Waals surface area contributed by atoms with Gasteiger partial charge in [-0.15, -0.1) is 0 Å². The topological polar surface area (TPSA) is 96.3 Å². The van der Waals surface area contributed by atoms with Crippen molar-refractivity contribution in [3.05, 3.63) is 48.7 Å². The van der Waals surface area contributed by atoms with Gasteiger partial charge in [-0.1, -0.05) is 18.2 Å². The number of H-pyrrole nitrogens is 1. The lowest BCUT2D eigenvalue weighted by atomic mass is 9.96. The number of esters is 1. The molecule has 8 nitrogen and oxygen atoms in total. The Balaban J connectivity index is 1.63. The van der Waals surface area contributed by atoms with Crippen molar-refractivity contribution in [1.29, 1.82) is 0 Å². The summed E-state index contributed by atoms with van der Waals surface area (Å²) in [6, 6.07) is 12.1. The zero-order chi connectivity index (χ0) is 23.7. The number of rotatable bonds is 5. The molecule has 0 atom stereocenters. The van der Waals surface area contributed by atoms with Gasteiger partial charge in [-0.3, -0.25) is 4.79 Å². The van der Waals surface area contributed by atoms with Crippen molar-refractivity contribution < 1.29 is 32.4 Å². The molecule has 1 N–H and O–H groups in total. The number of pyridine rings is 1. The Kier molecular flexibility index (Phi) is 6.03. The third-order valence-corrected chi connectivity index (χ3v) is 8.09. The van der Waals surface area contributed by atoms with E-state index in [0.29, 0.717) is 62.9 Å². The largest absolute Gasteiger partial charge is 0.486 e. The predicted molar refractivity (Wildman–Crippen MR) is 125 cm³/mol. The Labute approximate surface area is 198 Å². The Morgan fingerprint density at radius 3 is 2.44 bits per heavy atom. The molecule has 0 bridgehead atoms. The number of hydrogen-bond donors (Lipinski definition) is 0. The number of nitrogens with zero attached hydrogens (tertiary/aromatic N) is 1. The van der Waals surface area contributed by atoms with Gasteiger partial charge in [0.1, 0.15) is 13.2 Å². The number of benzene rings is 2. The number of hydrogen-bond acceptors (Lipinski definition) is 7. The Bertz CT molecular complexity index is 1320. The number of piperidine rings is 1. The fourth-order valence-electron chi connectivity index (χ4n) is 4.61. The molecule has 2 aromatic carbocycles. The second kappa shape index (κ2) is 9.13. The lowest BCUT2D eigenvalue weighted by molar-refractivity contribution is -0.347. The van der Waals surface area contributed by atoms with E-state index in [1.807, 2.05) is 12.1 Å². The number of carbonyl (C=O) groups is 1. The molecule has 0 amide bonds. The Morgan fingerprint density at radius 2 is 1.76 bits per heavy atom. The van der Waals surface area contributed by atoms with E-state index in [0.717, 1.165) is 10.9 Å². The second-order valence-electron chi connectivity index (χ2n) is 8.37. The molecule has 0 radical (unpaired) electrons. The first kappa shape index (κ1) is 22.5. The summed E-state index contributed by atoms with van der Waals surface area (Å²) in [6.45, 7) is 4.12. The minimum absolute atomic E-state index is 0.184. The Morgan fingerprint density at radius 1 is 1.09 bits per heavy atom. The van der Waals surface area contributed by atoms with Gasteiger partial charge < -0.3 is 19.1 Å². The van der Waals surface area contributed by atoms with Crippen LogP contribution in [0.2, 0.25) is 0 Å². The van der Waals surface area contributed by atoms with Crippen LogP contribution in [0.15, 0.2) is 58.5 Å². The van der Waals surface area contributed by atoms with Gasteiger partial charge in [0.05, 0.1) is 34.6 Å². The molecule has 0 spiro atoms. The first-order valence-electron chi connectivity index (χ1n) is 11.5. The van der Waals surface area contributed by atoms with Gasteiger partial charge in [0, 0.05) is 19.2 Å².